The highest BCUT2D eigenvalue weighted by Gasteiger charge is 2.08. The number of benzene rings is 2. The summed E-state index contributed by atoms with van der Waals surface area (Å²) in [5.74, 6) is 0.701. The summed E-state index contributed by atoms with van der Waals surface area (Å²) in [5.41, 5.74) is 2.98. The van der Waals surface area contributed by atoms with Crippen molar-refractivity contribution in [2.24, 2.45) is 7.05 Å². The average molecular weight is 325 g/mol. The van der Waals surface area contributed by atoms with Gasteiger partial charge in [-0.25, -0.2) is 4.79 Å². The molecule has 0 aliphatic heterocycles. The molecule has 0 atom stereocenters. The third kappa shape index (κ3) is 3.17. The van der Waals surface area contributed by atoms with Crippen LogP contribution in [0.4, 0.5) is 5.69 Å². The number of para-hydroxylation sites is 1. The molecule has 0 saturated carbocycles. The number of carbonyl (C=O) groups is 1. The number of nitrogens with zero attached hydrogens (tertiary/aromatic N) is 1. The molecule has 2 aromatic carbocycles. The van der Waals surface area contributed by atoms with Gasteiger partial charge in [0.15, 0.2) is 0 Å². The van der Waals surface area contributed by atoms with Crippen LogP contribution in [0.5, 0.6) is 5.75 Å². The van der Waals surface area contributed by atoms with E-state index in [2.05, 4.69) is 10.3 Å². The standard InChI is InChI=1S/C18H19N3O3/c1-21-15-9-8-13(11-14(15)20-18(21)23)19-17(22)10-7-12-5-3-4-6-16(12)24-2/h3-6,8-9,11H,7,10H2,1-2H3,(H,19,22)(H,20,23). The largest absolute Gasteiger partial charge is 0.496 e. The maximum atomic E-state index is 12.2. The van der Waals surface area contributed by atoms with Gasteiger partial charge in [0, 0.05) is 19.2 Å². The molecule has 24 heavy (non-hydrogen) atoms. The van der Waals surface area contributed by atoms with Crippen molar-refractivity contribution in [2.45, 2.75) is 12.8 Å². The molecular weight excluding hydrogens is 306 g/mol. The number of hydrogen-bond donors (Lipinski definition) is 2. The van der Waals surface area contributed by atoms with Gasteiger partial charge in [-0.3, -0.25) is 9.36 Å². The van der Waals surface area contributed by atoms with Crippen LogP contribution in [-0.2, 0) is 18.3 Å². The number of ether oxygens (including phenoxy) is 1. The van der Waals surface area contributed by atoms with Crippen LogP contribution >= 0.6 is 0 Å². The second kappa shape index (κ2) is 6.62. The predicted octanol–water partition coefficient (Wildman–Crippen LogP) is 2.45. The van der Waals surface area contributed by atoms with E-state index in [4.69, 9.17) is 4.74 Å². The molecule has 3 aromatic rings. The van der Waals surface area contributed by atoms with Crippen LogP contribution < -0.4 is 15.7 Å². The minimum atomic E-state index is -0.176. The van der Waals surface area contributed by atoms with Crippen molar-refractivity contribution in [3.63, 3.8) is 0 Å². The highest BCUT2D eigenvalue weighted by molar-refractivity contribution is 5.93. The van der Waals surface area contributed by atoms with Crippen LogP contribution in [0.25, 0.3) is 11.0 Å². The van der Waals surface area contributed by atoms with E-state index in [1.165, 1.54) is 4.57 Å². The molecule has 6 heteroatoms. The molecule has 1 heterocycles. The van der Waals surface area contributed by atoms with E-state index in [9.17, 15) is 9.59 Å². The van der Waals surface area contributed by atoms with Gasteiger partial charge in [-0.05, 0) is 36.2 Å². The molecule has 0 bridgehead atoms. The van der Waals surface area contributed by atoms with Crippen molar-refractivity contribution in [3.05, 3.63) is 58.5 Å². The van der Waals surface area contributed by atoms with E-state index in [-0.39, 0.29) is 11.6 Å². The second-order valence-corrected chi connectivity index (χ2v) is 5.58. The van der Waals surface area contributed by atoms with Gasteiger partial charge in [0.1, 0.15) is 5.75 Å². The molecule has 0 aliphatic carbocycles. The van der Waals surface area contributed by atoms with Gasteiger partial charge in [-0.2, -0.15) is 0 Å². The number of aryl methyl sites for hydroxylation is 2. The van der Waals surface area contributed by atoms with E-state index >= 15 is 0 Å². The maximum absolute atomic E-state index is 12.2. The van der Waals surface area contributed by atoms with Crippen molar-refractivity contribution < 1.29 is 9.53 Å². The summed E-state index contributed by atoms with van der Waals surface area (Å²) in [7, 11) is 3.32. The van der Waals surface area contributed by atoms with Crippen molar-refractivity contribution >= 4 is 22.6 Å². The first-order chi connectivity index (χ1) is 11.6. The molecule has 0 radical (unpaired) electrons. The first kappa shape index (κ1) is 15.9. The topological polar surface area (TPSA) is 76.1 Å². The number of rotatable bonds is 5. The van der Waals surface area contributed by atoms with Crippen molar-refractivity contribution in [1.29, 1.82) is 0 Å². The Morgan fingerprint density at radius 2 is 2.04 bits per heavy atom. The van der Waals surface area contributed by atoms with Crippen LogP contribution in [0.2, 0.25) is 0 Å². The number of fused-ring (bicyclic) bond motifs is 1. The van der Waals surface area contributed by atoms with Gasteiger partial charge in [0.2, 0.25) is 5.91 Å². The summed E-state index contributed by atoms with van der Waals surface area (Å²) in [6.45, 7) is 0. The molecular formula is C18H19N3O3. The van der Waals surface area contributed by atoms with Crippen LogP contribution in [0, 0.1) is 0 Å². The van der Waals surface area contributed by atoms with Crippen molar-refractivity contribution in [3.8, 4) is 5.75 Å². The Bertz CT molecular complexity index is 940. The van der Waals surface area contributed by atoms with Crippen molar-refractivity contribution in [1.82, 2.24) is 9.55 Å². The van der Waals surface area contributed by atoms with Crippen LogP contribution in [-0.4, -0.2) is 22.6 Å². The van der Waals surface area contributed by atoms with E-state index in [0.717, 1.165) is 16.8 Å². The average Bonchev–Trinajstić information content (AvgIpc) is 2.87. The normalized spacial score (nSPS) is 10.8. The number of anilines is 1. The molecule has 6 nitrogen and oxygen atoms in total. The Hall–Kier alpha value is -3.02. The molecule has 1 amide bonds. The summed E-state index contributed by atoms with van der Waals surface area (Å²) in [6.07, 6.45) is 0.948. The van der Waals surface area contributed by atoms with Gasteiger partial charge >= 0.3 is 5.69 Å². The third-order valence-electron chi connectivity index (χ3n) is 4.00. The van der Waals surface area contributed by atoms with E-state index < -0.39 is 0 Å². The number of hydrogen-bond acceptors (Lipinski definition) is 3. The Labute approximate surface area is 139 Å². The molecule has 2 N–H and O–H groups in total. The lowest BCUT2D eigenvalue weighted by atomic mass is 10.1. The van der Waals surface area contributed by atoms with Gasteiger partial charge in [-0.15, -0.1) is 0 Å². The van der Waals surface area contributed by atoms with Gasteiger partial charge < -0.3 is 15.0 Å². The fourth-order valence-corrected chi connectivity index (χ4v) is 2.70. The molecule has 0 spiro atoms. The summed E-state index contributed by atoms with van der Waals surface area (Å²) < 4.78 is 6.82. The second-order valence-electron chi connectivity index (χ2n) is 5.58. The summed E-state index contributed by atoms with van der Waals surface area (Å²) in [4.78, 5) is 26.5. The van der Waals surface area contributed by atoms with E-state index in [1.807, 2.05) is 30.3 Å². The fourth-order valence-electron chi connectivity index (χ4n) is 2.70. The van der Waals surface area contributed by atoms with Gasteiger partial charge in [-0.1, -0.05) is 18.2 Å². The predicted molar refractivity (Wildman–Crippen MR) is 93.5 cm³/mol. The SMILES string of the molecule is COc1ccccc1CCC(=O)Nc1ccc2c(c1)[nH]c(=O)n2C. The van der Waals surface area contributed by atoms with Crippen LogP contribution in [0.3, 0.4) is 0 Å². The Morgan fingerprint density at radius 3 is 2.83 bits per heavy atom. The molecule has 1 aromatic heterocycles. The minimum absolute atomic E-state index is 0.0847. The third-order valence-corrected chi connectivity index (χ3v) is 4.00. The van der Waals surface area contributed by atoms with Crippen LogP contribution in [0.15, 0.2) is 47.3 Å². The summed E-state index contributed by atoms with van der Waals surface area (Å²) >= 11 is 0. The summed E-state index contributed by atoms with van der Waals surface area (Å²) in [5, 5.41) is 2.86. The highest BCUT2D eigenvalue weighted by atomic mass is 16.5. The Balaban J connectivity index is 1.67. The van der Waals surface area contributed by atoms with Crippen molar-refractivity contribution in [2.75, 3.05) is 12.4 Å². The number of imidazole rings is 1. The van der Waals surface area contributed by atoms with E-state index in [0.29, 0.717) is 24.0 Å². The van der Waals surface area contributed by atoms with Crippen LogP contribution in [0.1, 0.15) is 12.0 Å². The maximum Gasteiger partial charge on any atom is 0.326 e. The lowest BCUT2D eigenvalue weighted by Crippen LogP contribution is -2.12. The Morgan fingerprint density at radius 1 is 1.25 bits per heavy atom. The van der Waals surface area contributed by atoms with E-state index in [1.54, 1.807) is 26.3 Å². The summed E-state index contributed by atoms with van der Waals surface area (Å²) in [6, 6.07) is 13.0. The molecule has 0 fully saturated rings. The molecule has 0 aliphatic rings. The fraction of sp³-hybridized carbons (Fsp3) is 0.222. The number of aromatic nitrogens is 2. The molecule has 124 valence electrons. The number of amides is 1. The molecule has 0 unspecified atom stereocenters. The Kier molecular flexibility index (Phi) is 4.37. The molecule has 3 rings (SSSR count). The zero-order chi connectivity index (χ0) is 17.1. The number of carbonyl (C=O) groups excluding carboxylic acids is 1. The number of nitrogens with one attached hydrogen (secondary N) is 2. The number of methoxy groups -OCH3 is 1. The first-order valence-corrected chi connectivity index (χ1v) is 7.69. The zero-order valence-electron chi connectivity index (χ0n) is 13.6. The lowest BCUT2D eigenvalue weighted by molar-refractivity contribution is -0.116. The number of H-pyrrole nitrogens is 1. The van der Waals surface area contributed by atoms with Gasteiger partial charge in [0.05, 0.1) is 18.1 Å². The lowest BCUT2D eigenvalue weighted by Gasteiger charge is -2.08. The highest BCUT2D eigenvalue weighted by Crippen LogP contribution is 2.20. The molecule has 0 saturated heterocycles. The quantitative estimate of drug-likeness (QED) is 0.756. The van der Waals surface area contributed by atoms with Gasteiger partial charge in [0.25, 0.3) is 0 Å². The minimum Gasteiger partial charge on any atom is -0.496 e. The zero-order valence-corrected chi connectivity index (χ0v) is 13.6. The first-order valence-electron chi connectivity index (χ1n) is 7.69. The monoisotopic (exact) mass is 325 g/mol. The smallest absolute Gasteiger partial charge is 0.326 e. The number of aromatic amines is 1.